The Hall–Kier alpha value is -1.14. The first-order valence-electron chi connectivity index (χ1n) is 14.7. The lowest BCUT2D eigenvalue weighted by molar-refractivity contribution is -0.0570. The molecule has 3 saturated carbocycles. The molecular formula is C30H48N2O3S. The first-order chi connectivity index (χ1) is 17.2. The van der Waals surface area contributed by atoms with Crippen LogP contribution in [0, 0.1) is 40.4 Å². The molecule has 8 atom stereocenters. The van der Waals surface area contributed by atoms with Crippen molar-refractivity contribution < 1.29 is 14.6 Å². The molecule has 6 heteroatoms. The van der Waals surface area contributed by atoms with Crippen LogP contribution in [0.1, 0.15) is 85.0 Å². The molecule has 4 aliphatic carbocycles. The topological polar surface area (TPSA) is 53.0 Å². The van der Waals surface area contributed by atoms with Gasteiger partial charge in [0.05, 0.1) is 18.2 Å². The van der Waals surface area contributed by atoms with Gasteiger partial charge >= 0.3 is 6.09 Å². The number of ether oxygens (including phenoxy) is 1. The third-order valence-corrected chi connectivity index (χ3v) is 12.2. The SMILES string of the molecule is COC(=O)N1CCN(C(=S)CCC(C)[C@H]2CC[C@H]3[C@@H]4CC=C5C[C@@H](O)CC[C@]5(C)[C@H]4CC[C@]23C)CC1. The van der Waals surface area contributed by atoms with E-state index in [9.17, 15) is 9.90 Å². The molecule has 1 saturated heterocycles. The van der Waals surface area contributed by atoms with Crippen LogP contribution in [0.5, 0.6) is 0 Å². The standard InChI is InChI=1S/C30H48N2O3S/c1-20(5-10-27(36)31-15-17-32(18-16-31)28(34)35-4)24-8-9-25-23-7-6-21-19-22(33)11-13-29(21,2)26(23)12-14-30(24,25)3/h6,20,22-26,33H,5,7-19H2,1-4H3/t20?,22-,23-,24+,25-,26-,29-,30+/m0/s1. The van der Waals surface area contributed by atoms with Crippen LogP contribution in [0.4, 0.5) is 4.79 Å². The number of allylic oxidation sites excluding steroid dienone is 1. The fraction of sp³-hybridized carbons (Fsp3) is 0.867. The van der Waals surface area contributed by atoms with Crippen LogP contribution < -0.4 is 0 Å². The molecule has 1 heterocycles. The van der Waals surface area contributed by atoms with Crippen molar-refractivity contribution in [2.45, 2.75) is 91.1 Å². The van der Waals surface area contributed by atoms with Gasteiger partial charge in [-0.05, 0) is 105 Å². The van der Waals surface area contributed by atoms with E-state index in [1.54, 1.807) is 10.5 Å². The van der Waals surface area contributed by atoms with Crippen LogP contribution in [0.25, 0.3) is 0 Å². The lowest BCUT2D eigenvalue weighted by Crippen LogP contribution is -2.51. The Balaban J connectivity index is 1.18. The second-order valence-corrected chi connectivity index (χ2v) is 13.7. The van der Waals surface area contributed by atoms with Crippen LogP contribution in [0.2, 0.25) is 0 Å². The average Bonchev–Trinajstić information content (AvgIpc) is 3.24. The summed E-state index contributed by atoms with van der Waals surface area (Å²) in [5.41, 5.74) is 2.37. The molecule has 0 aromatic heterocycles. The summed E-state index contributed by atoms with van der Waals surface area (Å²) in [6, 6.07) is 0. The fourth-order valence-corrected chi connectivity index (χ4v) is 9.90. The molecule has 0 aromatic rings. The maximum atomic E-state index is 11.8. The van der Waals surface area contributed by atoms with Crippen LogP contribution in [-0.2, 0) is 4.74 Å². The lowest BCUT2D eigenvalue weighted by Gasteiger charge is -2.58. The Kier molecular flexibility index (Phi) is 7.50. The van der Waals surface area contributed by atoms with E-state index in [4.69, 9.17) is 17.0 Å². The smallest absolute Gasteiger partial charge is 0.409 e. The lowest BCUT2D eigenvalue weighted by atomic mass is 9.47. The number of thiocarbonyl (C=S) groups is 1. The van der Waals surface area contributed by atoms with Gasteiger partial charge in [0.15, 0.2) is 0 Å². The highest BCUT2D eigenvalue weighted by molar-refractivity contribution is 7.80. The van der Waals surface area contributed by atoms with Crippen molar-refractivity contribution >= 4 is 23.3 Å². The summed E-state index contributed by atoms with van der Waals surface area (Å²) in [5, 5.41) is 10.3. The van der Waals surface area contributed by atoms with Gasteiger partial charge in [-0.1, -0.05) is 44.6 Å². The van der Waals surface area contributed by atoms with E-state index in [1.165, 1.54) is 52.1 Å². The van der Waals surface area contributed by atoms with Gasteiger partial charge in [-0.2, -0.15) is 0 Å². The van der Waals surface area contributed by atoms with Crippen LogP contribution in [0.3, 0.4) is 0 Å². The highest BCUT2D eigenvalue weighted by Gasteiger charge is 2.59. The number of amides is 1. The van der Waals surface area contributed by atoms with Crippen LogP contribution in [-0.4, -0.2) is 65.4 Å². The summed E-state index contributed by atoms with van der Waals surface area (Å²) in [7, 11) is 1.45. The Morgan fingerprint density at radius 3 is 2.56 bits per heavy atom. The van der Waals surface area contributed by atoms with E-state index >= 15 is 0 Å². The zero-order chi connectivity index (χ0) is 25.7. The van der Waals surface area contributed by atoms with Gasteiger partial charge in [-0.15, -0.1) is 0 Å². The molecule has 0 bridgehead atoms. The van der Waals surface area contributed by atoms with Crippen molar-refractivity contribution in [3.05, 3.63) is 11.6 Å². The number of rotatable bonds is 4. The molecule has 0 radical (unpaired) electrons. The average molecular weight is 517 g/mol. The van der Waals surface area contributed by atoms with E-state index in [1.807, 2.05) is 0 Å². The molecule has 5 aliphatic rings. The number of hydrogen-bond donors (Lipinski definition) is 1. The molecule has 0 spiro atoms. The minimum Gasteiger partial charge on any atom is -0.453 e. The number of fused-ring (bicyclic) bond motifs is 5. The molecule has 5 nitrogen and oxygen atoms in total. The number of carbonyl (C=O) groups excluding carboxylic acids is 1. The zero-order valence-corrected chi connectivity index (χ0v) is 23.8. The predicted molar refractivity (Wildman–Crippen MR) is 148 cm³/mol. The summed E-state index contributed by atoms with van der Waals surface area (Å²) in [6.45, 7) is 10.7. The van der Waals surface area contributed by atoms with Crippen molar-refractivity contribution in [1.29, 1.82) is 0 Å². The molecule has 4 fully saturated rings. The monoisotopic (exact) mass is 516 g/mol. The highest BCUT2D eigenvalue weighted by Crippen LogP contribution is 2.67. The van der Waals surface area contributed by atoms with Gasteiger partial charge in [0.2, 0.25) is 0 Å². The third kappa shape index (κ3) is 4.52. The minimum absolute atomic E-state index is 0.116. The number of carbonyl (C=O) groups is 1. The number of methoxy groups -OCH3 is 1. The first-order valence-corrected chi connectivity index (χ1v) is 15.1. The number of aliphatic hydroxyl groups is 1. The van der Waals surface area contributed by atoms with Gasteiger partial charge in [0, 0.05) is 26.2 Å². The highest BCUT2D eigenvalue weighted by atomic mass is 32.1. The van der Waals surface area contributed by atoms with Crippen LogP contribution in [0.15, 0.2) is 11.6 Å². The molecule has 202 valence electrons. The second kappa shape index (κ2) is 10.2. The largest absolute Gasteiger partial charge is 0.453 e. The van der Waals surface area contributed by atoms with Gasteiger partial charge in [0.25, 0.3) is 0 Å². The molecule has 1 unspecified atom stereocenters. The van der Waals surface area contributed by atoms with Crippen molar-refractivity contribution in [1.82, 2.24) is 9.80 Å². The Morgan fingerprint density at radius 1 is 1.11 bits per heavy atom. The van der Waals surface area contributed by atoms with Gasteiger partial charge < -0.3 is 19.6 Å². The minimum atomic E-state index is -0.229. The molecular weight excluding hydrogens is 468 g/mol. The van der Waals surface area contributed by atoms with Gasteiger partial charge in [-0.25, -0.2) is 4.79 Å². The maximum Gasteiger partial charge on any atom is 0.409 e. The molecule has 1 aliphatic heterocycles. The quantitative estimate of drug-likeness (QED) is 0.364. The van der Waals surface area contributed by atoms with E-state index in [2.05, 4.69) is 31.7 Å². The second-order valence-electron chi connectivity index (χ2n) is 13.2. The van der Waals surface area contributed by atoms with Crippen molar-refractivity contribution in [3.63, 3.8) is 0 Å². The van der Waals surface area contributed by atoms with Crippen molar-refractivity contribution in [2.75, 3.05) is 33.3 Å². The molecule has 1 amide bonds. The van der Waals surface area contributed by atoms with Gasteiger partial charge in [0.1, 0.15) is 0 Å². The first kappa shape index (κ1) is 26.5. The predicted octanol–water partition coefficient (Wildman–Crippen LogP) is 6.05. The fourth-order valence-electron chi connectivity index (χ4n) is 9.59. The molecule has 36 heavy (non-hydrogen) atoms. The van der Waals surface area contributed by atoms with E-state index < -0.39 is 0 Å². The van der Waals surface area contributed by atoms with E-state index in [0.29, 0.717) is 29.8 Å². The Labute approximate surface area is 224 Å². The van der Waals surface area contributed by atoms with Crippen molar-refractivity contribution in [2.24, 2.45) is 40.4 Å². The normalized spacial score (nSPS) is 41.0. The molecule has 0 aromatic carbocycles. The van der Waals surface area contributed by atoms with E-state index in [-0.39, 0.29) is 12.2 Å². The molecule has 5 rings (SSSR count). The summed E-state index contributed by atoms with van der Waals surface area (Å²) < 4.78 is 4.87. The summed E-state index contributed by atoms with van der Waals surface area (Å²) >= 11 is 5.86. The summed E-state index contributed by atoms with van der Waals surface area (Å²) in [6.07, 6.45) is 14.2. The third-order valence-electron chi connectivity index (χ3n) is 11.7. The Bertz CT molecular complexity index is 883. The number of hydrogen-bond acceptors (Lipinski definition) is 4. The molecule has 1 N–H and O–H groups in total. The Morgan fingerprint density at radius 2 is 1.83 bits per heavy atom. The van der Waals surface area contributed by atoms with E-state index in [0.717, 1.165) is 61.0 Å². The van der Waals surface area contributed by atoms with Crippen LogP contribution >= 0.6 is 12.2 Å². The van der Waals surface area contributed by atoms with Gasteiger partial charge in [-0.3, -0.25) is 0 Å². The number of nitrogens with zero attached hydrogens (tertiary/aromatic N) is 2. The summed E-state index contributed by atoms with van der Waals surface area (Å²) in [4.78, 5) is 16.9. The number of aliphatic hydroxyl groups excluding tert-OH is 1. The van der Waals surface area contributed by atoms with Crippen molar-refractivity contribution in [3.8, 4) is 0 Å². The zero-order valence-electron chi connectivity index (χ0n) is 23.0. The number of piperazine rings is 1. The summed E-state index contributed by atoms with van der Waals surface area (Å²) in [5.74, 6) is 3.99. The maximum absolute atomic E-state index is 11.8.